The predicted molar refractivity (Wildman–Crippen MR) is 496 cm³/mol. The minimum absolute atomic E-state index is 0.0121. The van der Waals surface area contributed by atoms with Gasteiger partial charge in [0.25, 0.3) is 0 Å². The lowest BCUT2D eigenvalue weighted by Crippen LogP contribution is -2.45. The SMILES string of the molecule is COc1ccccc1-c1nccc(COc2ccccc2C[C@@H](Oc2nsc3cnc(-c4cnn(CC5CC5c5ccc(OCc6ccnc(-c7ccccc7OC)n6)c(C[C@@H](Oc6nsc7cnc(-c8cnn(CC9CCC9)c8)c(-c8ccc(OCCN9CCN(C)CC9)c(Cl)c8C)c67)C(=O)O)c5)c4)c(-c4ccc(OCCN5CCN(C)CC5)c(Cl)c4C)c23)C(=O)O)n1. The topological polar surface area (TPSA) is 300 Å². The monoisotopic (exact) mass is 1810 g/mol. The molecule has 18 rings (SSSR count). The average molecular weight is 1810 g/mol. The van der Waals surface area contributed by atoms with Gasteiger partial charge in [-0.15, -0.1) is 0 Å². The number of aromatic nitrogens is 12. The molecule has 6 aromatic carbocycles. The van der Waals surface area contributed by atoms with Gasteiger partial charge >= 0.3 is 11.9 Å². The number of benzene rings is 6. The number of nitrogens with zero attached hydrogens (tertiary/aromatic N) is 16. The van der Waals surface area contributed by atoms with Gasteiger partial charge in [-0.3, -0.25) is 29.1 Å². The summed E-state index contributed by atoms with van der Waals surface area (Å²) in [6.45, 7) is 15.4. The minimum atomic E-state index is -1.49. The highest BCUT2D eigenvalue weighted by Gasteiger charge is 2.40. The lowest BCUT2D eigenvalue weighted by molar-refractivity contribution is -0.145. The smallest absolute Gasteiger partial charge is 0.345 e. The molecule has 2 aliphatic heterocycles. The van der Waals surface area contributed by atoms with Gasteiger partial charge in [-0.05, 0) is 188 Å². The molecule has 8 aromatic heterocycles. The fourth-order valence-corrected chi connectivity index (χ4v) is 18.9. The summed E-state index contributed by atoms with van der Waals surface area (Å²) >= 11 is 17.1. The molecule has 0 amide bonds. The number of pyridine rings is 2. The molecular formula is C97H98Cl2N16O12S2. The maximum atomic E-state index is 14.2. The number of hydrogen-bond acceptors (Lipinski definition) is 26. The summed E-state index contributed by atoms with van der Waals surface area (Å²) < 4.78 is 65.9. The standard InChI is InChI=1S/C97H98Cl2N16O12S2/c1-58-69(23-26-78(88(58)98)122-42-40-112-36-32-110(3)33-37-112)84-87-83(50-102-90(84)65-48-104-114(54-65)52-60-14-13-15-60)129-109-95(87)127-81(97(118)119)47-63-44-61(22-25-75(63)125-57-68-29-31-101-93(107-68)72-18-9-12-21-77(72)121-6)73-45-64(73)53-115-55-66(49-105-115)91-85(70-24-27-79(89(99)59(70)2)123-43-41-113-38-34-111(4)35-39-113)86-82(51-103-91)128-108-94(86)126-80(96(116)117)46-62-16-7-10-19-74(62)124-56-67-28-30-100-92(106-67)71-17-8-11-20-76(71)120-5/h7-12,16-31,44,48-51,54-55,60,64,73,80-81H,13-15,32-43,45-47,52-53,56-57H2,1-6H3,(H,116,117)(H,118,119)/t64?,73?,80-,81-/m1/s1. The number of carbonyl (C=O) groups is 2. The van der Waals surface area contributed by atoms with Gasteiger partial charge < -0.3 is 57.9 Å². The van der Waals surface area contributed by atoms with Crippen molar-refractivity contribution in [3.63, 3.8) is 0 Å². The molecule has 0 radical (unpaired) electrons. The zero-order valence-corrected chi connectivity index (χ0v) is 75.5. The first-order chi connectivity index (χ1) is 62.9. The van der Waals surface area contributed by atoms with Crippen LogP contribution >= 0.6 is 46.3 Å². The predicted octanol–water partition coefficient (Wildman–Crippen LogP) is 16.8. The zero-order chi connectivity index (χ0) is 88.8. The molecule has 2 unspecified atom stereocenters. The Morgan fingerprint density at radius 1 is 0.512 bits per heavy atom. The molecular weight excluding hydrogens is 1720 g/mol. The Kier molecular flexibility index (Phi) is 26.7. The summed E-state index contributed by atoms with van der Waals surface area (Å²) in [7, 11) is 7.48. The molecule has 664 valence electrons. The summed E-state index contributed by atoms with van der Waals surface area (Å²) in [5.74, 6) is 2.55. The van der Waals surface area contributed by atoms with E-state index >= 15 is 0 Å². The van der Waals surface area contributed by atoms with Crippen LogP contribution in [0.2, 0.25) is 10.0 Å². The number of aliphatic carboxylic acids is 2. The van der Waals surface area contributed by atoms with E-state index in [1.165, 1.54) is 18.0 Å². The second kappa shape index (κ2) is 39.4. The van der Waals surface area contributed by atoms with Crippen LogP contribution in [0.4, 0.5) is 0 Å². The van der Waals surface area contributed by atoms with E-state index in [0.29, 0.717) is 169 Å². The van der Waals surface area contributed by atoms with E-state index in [1.54, 1.807) is 63.4 Å². The van der Waals surface area contributed by atoms with Crippen molar-refractivity contribution < 1.29 is 57.7 Å². The van der Waals surface area contributed by atoms with Crippen LogP contribution in [0.1, 0.15) is 70.8 Å². The van der Waals surface area contributed by atoms with Crippen molar-refractivity contribution in [2.45, 2.75) is 96.8 Å². The van der Waals surface area contributed by atoms with Crippen molar-refractivity contribution >= 4 is 78.4 Å². The molecule has 14 aromatic rings. The van der Waals surface area contributed by atoms with Crippen molar-refractivity contribution in [2.24, 2.45) is 11.8 Å². The summed E-state index contributed by atoms with van der Waals surface area (Å²) in [6.07, 6.45) is 15.6. The van der Waals surface area contributed by atoms with E-state index < -0.39 is 24.1 Å². The Hall–Kier alpha value is -12.3. The molecule has 129 heavy (non-hydrogen) atoms. The van der Waals surface area contributed by atoms with E-state index in [9.17, 15) is 19.8 Å². The van der Waals surface area contributed by atoms with E-state index in [4.69, 9.17) is 100.0 Å². The lowest BCUT2D eigenvalue weighted by Gasteiger charge is -2.32. The third kappa shape index (κ3) is 19.7. The second-order valence-corrected chi connectivity index (χ2v) is 35.7. The number of para-hydroxylation sites is 3. The Morgan fingerprint density at radius 3 is 1.47 bits per heavy atom. The highest BCUT2D eigenvalue weighted by molar-refractivity contribution is 7.14. The van der Waals surface area contributed by atoms with Gasteiger partial charge in [0, 0.05) is 151 Å². The normalized spacial score (nSPS) is 16.2. The van der Waals surface area contributed by atoms with Gasteiger partial charge in [-0.1, -0.05) is 96.4 Å². The summed E-state index contributed by atoms with van der Waals surface area (Å²) in [4.78, 5) is 66.4. The Balaban J connectivity index is 0.645. The third-order valence-electron chi connectivity index (χ3n) is 24.8. The van der Waals surface area contributed by atoms with Gasteiger partial charge in [-0.25, -0.2) is 29.5 Å². The molecule has 4 fully saturated rings. The highest BCUT2D eigenvalue weighted by Crippen LogP contribution is 2.52. The molecule has 2 saturated heterocycles. The van der Waals surface area contributed by atoms with Gasteiger partial charge in [0.1, 0.15) is 60.9 Å². The molecule has 2 saturated carbocycles. The number of carboxylic acid groups (broad SMARTS) is 2. The van der Waals surface area contributed by atoms with Crippen LogP contribution in [0.25, 0.3) is 87.7 Å². The number of carboxylic acids is 2. The number of hydrogen-bond donors (Lipinski definition) is 2. The highest BCUT2D eigenvalue weighted by atomic mass is 35.5. The number of likely N-dealkylation sites (N-methyl/N-ethyl adjacent to an activating group) is 2. The molecule has 0 bridgehead atoms. The number of fused-ring (bicyclic) bond motifs is 2. The van der Waals surface area contributed by atoms with Crippen molar-refractivity contribution in [3.05, 3.63) is 226 Å². The van der Waals surface area contributed by atoms with Crippen LogP contribution < -0.4 is 37.9 Å². The largest absolute Gasteiger partial charge is 0.496 e. The van der Waals surface area contributed by atoms with Gasteiger partial charge in [0.15, 0.2) is 11.6 Å². The molecule has 28 nitrogen and oxygen atoms in total. The number of piperazine rings is 2. The fraction of sp³-hybridized carbons (Fsp3) is 0.340. The molecule has 4 aliphatic rings. The van der Waals surface area contributed by atoms with E-state index in [2.05, 4.69) is 43.7 Å². The molecule has 0 spiro atoms. The molecule has 2 N–H and O–H groups in total. The molecule has 4 atom stereocenters. The van der Waals surface area contributed by atoms with Gasteiger partial charge in [0.05, 0.1) is 90.7 Å². The van der Waals surface area contributed by atoms with Crippen molar-refractivity contribution in [3.8, 4) is 114 Å². The first kappa shape index (κ1) is 87.4. The first-order valence-corrected chi connectivity index (χ1v) is 45.7. The molecule has 10 heterocycles. The second-order valence-electron chi connectivity index (χ2n) is 33.3. The van der Waals surface area contributed by atoms with Crippen LogP contribution in [0.15, 0.2) is 177 Å². The number of ether oxygens (including phenoxy) is 8. The van der Waals surface area contributed by atoms with Gasteiger partial charge in [0.2, 0.25) is 24.0 Å². The fourth-order valence-electron chi connectivity index (χ4n) is 17.1. The quantitative estimate of drug-likeness (QED) is 0.0365. The summed E-state index contributed by atoms with van der Waals surface area (Å²) in [5.41, 5.74) is 11.5. The van der Waals surface area contributed by atoms with Crippen molar-refractivity contribution in [1.82, 2.24) is 77.8 Å². The zero-order valence-electron chi connectivity index (χ0n) is 72.4. The van der Waals surface area contributed by atoms with Crippen LogP contribution in [-0.4, -0.2) is 219 Å². The summed E-state index contributed by atoms with van der Waals surface area (Å²) in [6, 6.07) is 39.5. The van der Waals surface area contributed by atoms with E-state index in [1.807, 2.05) is 151 Å². The van der Waals surface area contributed by atoms with Crippen LogP contribution in [-0.2, 0) is 48.7 Å². The van der Waals surface area contributed by atoms with Crippen LogP contribution in [0, 0.1) is 25.7 Å². The maximum Gasteiger partial charge on any atom is 0.345 e. The lowest BCUT2D eigenvalue weighted by atomic mass is 9.85. The van der Waals surface area contributed by atoms with Crippen molar-refractivity contribution in [1.29, 1.82) is 0 Å². The van der Waals surface area contributed by atoms with E-state index in [-0.39, 0.29) is 49.7 Å². The average Bonchev–Trinajstić information content (AvgIpc) is 1.65. The Bertz CT molecular complexity index is 6410. The Labute approximate surface area is 764 Å². The molecule has 32 heteroatoms. The van der Waals surface area contributed by atoms with Crippen LogP contribution in [0.3, 0.4) is 0 Å². The number of rotatable bonds is 37. The van der Waals surface area contributed by atoms with E-state index in [0.717, 1.165) is 131 Å². The van der Waals surface area contributed by atoms with Crippen molar-refractivity contribution in [2.75, 3.05) is 107 Å². The summed E-state index contributed by atoms with van der Waals surface area (Å²) in [5, 5.41) is 34.5. The van der Waals surface area contributed by atoms with Crippen LogP contribution in [0.5, 0.6) is 46.3 Å². The third-order valence-corrected chi connectivity index (χ3v) is 27.3. The Morgan fingerprint density at radius 2 is 0.977 bits per heavy atom. The van der Waals surface area contributed by atoms with Gasteiger partial charge in [-0.2, -0.15) is 18.9 Å². The minimum Gasteiger partial charge on any atom is -0.496 e. The first-order valence-electron chi connectivity index (χ1n) is 43.4. The number of methoxy groups -OCH3 is 2. The number of halogens is 2. The molecule has 2 aliphatic carbocycles. The maximum absolute atomic E-state index is 14.2.